The Labute approximate surface area is 237 Å². The molecule has 1 fully saturated rings. The molecule has 206 valence electrons. The van der Waals surface area contributed by atoms with Crippen LogP contribution in [0.3, 0.4) is 0 Å². The quantitative estimate of drug-likeness (QED) is 0.282. The molecule has 2 aromatic carbocycles. The number of benzene rings is 2. The lowest BCUT2D eigenvalue weighted by Gasteiger charge is -2.30. The van der Waals surface area contributed by atoms with Crippen LogP contribution in [0.15, 0.2) is 75.1 Å². The van der Waals surface area contributed by atoms with Crippen LogP contribution in [0.2, 0.25) is 0 Å². The van der Waals surface area contributed by atoms with Crippen molar-refractivity contribution >= 4 is 23.7 Å². The van der Waals surface area contributed by atoms with Crippen molar-refractivity contribution in [2.24, 2.45) is 0 Å². The van der Waals surface area contributed by atoms with E-state index >= 15 is 0 Å². The number of thioether (sulfide) groups is 1. The smallest absolute Gasteiger partial charge is 0.323 e. The summed E-state index contributed by atoms with van der Waals surface area (Å²) in [7, 11) is 1.84. The molecule has 3 heterocycles. The maximum absolute atomic E-state index is 13.8. The fourth-order valence-electron chi connectivity index (χ4n) is 4.96. The van der Waals surface area contributed by atoms with Crippen LogP contribution in [-0.4, -0.2) is 55.9 Å². The molecule has 10 heteroatoms. The Morgan fingerprint density at radius 3 is 2.55 bits per heavy atom. The Morgan fingerprint density at radius 2 is 1.82 bits per heavy atom. The molecule has 1 saturated carbocycles. The van der Waals surface area contributed by atoms with E-state index in [1.165, 1.54) is 6.42 Å². The van der Waals surface area contributed by atoms with Gasteiger partial charge in [-0.25, -0.2) is 4.98 Å². The van der Waals surface area contributed by atoms with Gasteiger partial charge in [-0.2, -0.15) is 4.98 Å². The lowest BCUT2D eigenvalue weighted by Crippen LogP contribution is -2.42. The second-order valence-electron chi connectivity index (χ2n) is 10.4. The summed E-state index contributed by atoms with van der Waals surface area (Å²) in [5.74, 6) is 0.587. The molecular formula is C30H32N6O3S. The van der Waals surface area contributed by atoms with Crippen LogP contribution in [0.25, 0.3) is 5.69 Å². The molecule has 1 aliphatic heterocycles. The fourth-order valence-corrected chi connectivity index (χ4v) is 6.28. The second kappa shape index (κ2) is 11.7. The van der Waals surface area contributed by atoms with Crippen LogP contribution < -0.4 is 10.5 Å². The molecule has 0 saturated heterocycles. The minimum atomic E-state index is -0.0792. The summed E-state index contributed by atoms with van der Waals surface area (Å²) >= 11 is 1.70. The summed E-state index contributed by atoms with van der Waals surface area (Å²) in [4.78, 5) is 40.0. The topological polar surface area (TPSA) is 97.4 Å². The van der Waals surface area contributed by atoms with Crippen molar-refractivity contribution in [3.63, 3.8) is 0 Å². The zero-order chi connectivity index (χ0) is 27.5. The van der Waals surface area contributed by atoms with E-state index < -0.39 is 0 Å². The zero-order valence-corrected chi connectivity index (χ0v) is 23.3. The zero-order valence-electron chi connectivity index (χ0n) is 22.5. The Hall–Kier alpha value is -3.92. The number of carbonyl (C=O) groups excluding carboxylic acids is 1. The van der Waals surface area contributed by atoms with Gasteiger partial charge < -0.3 is 14.3 Å². The molecule has 0 radical (unpaired) electrons. The normalized spacial score (nSPS) is 15.0. The van der Waals surface area contributed by atoms with Crippen molar-refractivity contribution in [2.45, 2.75) is 55.5 Å². The molecule has 2 aliphatic rings. The summed E-state index contributed by atoms with van der Waals surface area (Å²) in [6.07, 6.45) is 4.97. The average Bonchev–Trinajstić information content (AvgIpc) is 3.43. The number of aromatic nitrogens is 4. The molecule has 4 aromatic rings. The highest BCUT2D eigenvalue weighted by atomic mass is 32.2. The van der Waals surface area contributed by atoms with Gasteiger partial charge in [-0.15, -0.1) is 0 Å². The van der Waals surface area contributed by atoms with Crippen LogP contribution in [0.1, 0.15) is 48.3 Å². The third kappa shape index (κ3) is 5.67. The Morgan fingerprint density at radius 1 is 1.07 bits per heavy atom. The van der Waals surface area contributed by atoms with Crippen molar-refractivity contribution in [1.29, 1.82) is 0 Å². The first-order valence-corrected chi connectivity index (χ1v) is 14.7. The summed E-state index contributed by atoms with van der Waals surface area (Å²) < 4.78 is 7.16. The minimum Gasteiger partial charge on any atom is -0.338 e. The highest BCUT2D eigenvalue weighted by molar-refractivity contribution is 7.99. The molecule has 0 bridgehead atoms. The molecule has 40 heavy (non-hydrogen) atoms. The first-order chi connectivity index (χ1) is 19.5. The van der Waals surface area contributed by atoms with Crippen LogP contribution in [0.5, 0.6) is 0 Å². The molecule has 6 rings (SSSR count). The number of amides is 1. The first-order valence-electron chi connectivity index (χ1n) is 13.8. The van der Waals surface area contributed by atoms with Gasteiger partial charge in [0.15, 0.2) is 11.0 Å². The Kier molecular flexibility index (Phi) is 7.68. The SMILES string of the molecule is CN(CCC(=O)N1CCc2nc(SC3CCC3)n(-c3ccccc3)c(=O)c2C1)c1nc(Cc2ccccc2)no1. The van der Waals surface area contributed by atoms with Gasteiger partial charge in [-0.1, -0.05) is 71.9 Å². The molecular weight excluding hydrogens is 524 g/mol. The predicted molar refractivity (Wildman–Crippen MR) is 154 cm³/mol. The third-order valence-electron chi connectivity index (χ3n) is 7.54. The van der Waals surface area contributed by atoms with Crippen molar-refractivity contribution in [2.75, 3.05) is 25.0 Å². The van der Waals surface area contributed by atoms with Gasteiger partial charge in [0, 0.05) is 44.6 Å². The van der Waals surface area contributed by atoms with Gasteiger partial charge in [0.25, 0.3) is 5.56 Å². The first kappa shape index (κ1) is 26.3. The minimum absolute atomic E-state index is 0.0138. The number of hydrogen-bond donors (Lipinski definition) is 0. The molecule has 0 unspecified atom stereocenters. The van der Waals surface area contributed by atoms with Gasteiger partial charge in [-0.3, -0.25) is 14.2 Å². The van der Waals surface area contributed by atoms with E-state index in [4.69, 9.17) is 9.51 Å². The number of anilines is 1. The molecule has 9 nitrogen and oxygen atoms in total. The van der Waals surface area contributed by atoms with E-state index in [2.05, 4.69) is 10.1 Å². The summed E-state index contributed by atoms with van der Waals surface area (Å²) in [5.41, 5.74) is 3.26. The highest BCUT2D eigenvalue weighted by Gasteiger charge is 2.29. The van der Waals surface area contributed by atoms with Gasteiger partial charge in [0.2, 0.25) is 5.91 Å². The van der Waals surface area contributed by atoms with Crippen LogP contribution in [-0.2, 0) is 24.2 Å². The lowest BCUT2D eigenvalue weighted by atomic mass is 10.0. The molecule has 1 amide bonds. The van der Waals surface area contributed by atoms with Gasteiger partial charge >= 0.3 is 6.01 Å². The van der Waals surface area contributed by atoms with Gasteiger partial charge in [0.1, 0.15) is 0 Å². The lowest BCUT2D eigenvalue weighted by molar-refractivity contribution is -0.131. The predicted octanol–water partition coefficient (Wildman–Crippen LogP) is 4.26. The van der Waals surface area contributed by atoms with E-state index in [1.54, 1.807) is 26.1 Å². The van der Waals surface area contributed by atoms with Gasteiger partial charge in [-0.05, 0) is 30.5 Å². The molecule has 0 spiro atoms. The Bertz CT molecular complexity index is 1530. The van der Waals surface area contributed by atoms with Crippen molar-refractivity contribution < 1.29 is 9.32 Å². The summed E-state index contributed by atoms with van der Waals surface area (Å²) in [5, 5.41) is 5.35. The molecule has 1 aliphatic carbocycles. The van der Waals surface area contributed by atoms with E-state index in [1.807, 2.05) is 67.7 Å². The molecule has 0 atom stereocenters. The number of hydrogen-bond acceptors (Lipinski definition) is 8. The van der Waals surface area contributed by atoms with Crippen molar-refractivity contribution in [3.05, 3.63) is 93.7 Å². The highest BCUT2D eigenvalue weighted by Crippen LogP contribution is 2.36. The van der Waals surface area contributed by atoms with E-state index in [0.29, 0.717) is 48.6 Å². The standard InChI is InChI=1S/C30H32N6O3S/c1-34(29-32-26(33-39-29)19-21-9-4-2-5-10-21)17-16-27(37)35-18-15-25-24(20-35)28(38)36(22-11-6-3-7-12-22)30(31-25)40-23-13-8-14-23/h2-7,9-12,23H,8,13-20H2,1H3. The van der Waals surface area contributed by atoms with Crippen LogP contribution >= 0.6 is 11.8 Å². The number of rotatable bonds is 9. The monoisotopic (exact) mass is 556 g/mol. The fraction of sp³-hybridized carbons (Fsp3) is 0.367. The molecule has 2 aromatic heterocycles. The number of nitrogens with zero attached hydrogens (tertiary/aromatic N) is 6. The Balaban J connectivity index is 1.13. The van der Waals surface area contributed by atoms with Crippen LogP contribution in [0.4, 0.5) is 6.01 Å². The van der Waals surface area contributed by atoms with E-state index in [9.17, 15) is 9.59 Å². The third-order valence-corrected chi connectivity index (χ3v) is 8.83. The second-order valence-corrected chi connectivity index (χ2v) is 11.6. The summed E-state index contributed by atoms with van der Waals surface area (Å²) in [6.45, 7) is 1.25. The number of fused-ring (bicyclic) bond motifs is 1. The molecule has 0 N–H and O–H groups in total. The van der Waals surface area contributed by atoms with E-state index in [-0.39, 0.29) is 24.4 Å². The maximum atomic E-state index is 13.8. The largest absolute Gasteiger partial charge is 0.338 e. The summed E-state index contributed by atoms with van der Waals surface area (Å²) in [6, 6.07) is 20.0. The average molecular weight is 557 g/mol. The van der Waals surface area contributed by atoms with E-state index in [0.717, 1.165) is 34.9 Å². The number of carbonyl (C=O) groups is 1. The van der Waals surface area contributed by atoms with Crippen LogP contribution in [0, 0.1) is 0 Å². The van der Waals surface area contributed by atoms with Crippen molar-refractivity contribution in [3.8, 4) is 5.69 Å². The maximum Gasteiger partial charge on any atom is 0.323 e. The van der Waals surface area contributed by atoms with Gasteiger partial charge in [0.05, 0.1) is 23.5 Å². The van der Waals surface area contributed by atoms with Crippen molar-refractivity contribution in [1.82, 2.24) is 24.6 Å². The number of para-hydroxylation sites is 1.